The first-order valence-electron chi connectivity index (χ1n) is 3.97. The van der Waals surface area contributed by atoms with Crippen LogP contribution in [-0.2, 0) is 9.53 Å². The summed E-state index contributed by atoms with van der Waals surface area (Å²) < 4.78 is 4.62. The summed E-state index contributed by atoms with van der Waals surface area (Å²) in [5, 5.41) is 0. The SMILES string of the molecule is C=CC[C@](N)(C(=O)OC)C(C)C. The molecule has 0 fully saturated rings. The standard InChI is InChI=1S/C9H17NO2/c1-5-6-9(10,7(2)3)8(11)12-4/h5,7H,1,6,10H2,2-4H3/t9-/m1/s1. The highest BCUT2D eigenvalue weighted by atomic mass is 16.5. The van der Waals surface area contributed by atoms with E-state index in [4.69, 9.17) is 5.73 Å². The van der Waals surface area contributed by atoms with E-state index in [0.717, 1.165) is 0 Å². The first-order valence-corrected chi connectivity index (χ1v) is 3.97. The number of hydrogen-bond acceptors (Lipinski definition) is 3. The Bertz CT molecular complexity index is 177. The van der Waals surface area contributed by atoms with Gasteiger partial charge in [-0.2, -0.15) is 0 Å². The van der Waals surface area contributed by atoms with E-state index in [1.807, 2.05) is 13.8 Å². The van der Waals surface area contributed by atoms with Gasteiger partial charge in [0.2, 0.25) is 0 Å². The Morgan fingerprint density at radius 2 is 2.25 bits per heavy atom. The van der Waals surface area contributed by atoms with Crippen molar-refractivity contribution in [3.05, 3.63) is 12.7 Å². The minimum absolute atomic E-state index is 0.0444. The molecule has 0 amide bonds. The summed E-state index contributed by atoms with van der Waals surface area (Å²) in [5.74, 6) is -0.333. The van der Waals surface area contributed by atoms with E-state index in [1.54, 1.807) is 6.08 Å². The molecule has 2 N–H and O–H groups in total. The topological polar surface area (TPSA) is 52.3 Å². The van der Waals surface area contributed by atoms with Crippen LogP contribution in [0.2, 0.25) is 0 Å². The first-order chi connectivity index (χ1) is 5.49. The zero-order valence-corrected chi connectivity index (χ0v) is 7.96. The van der Waals surface area contributed by atoms with Crippen LogP contribution in [0.25, 0.3) is 0 Å². The number of esters is 1. The van der Waals surface area contributed by atoms with Gasteiger partial charge in [0.05, 0.1) is 7.11 Å². The Hall–Kier alpha value is -0.830. The van der Waals surface area contributed by atoms with Crippen molar-refractivity contribution in [2.75, 3.05) is 7.11 Å². The van der Waals surface area contributed by atoms with Crippen molar-refractivity contribution in [3.8, 4) is 0 Å². The molecule has 0 unspecified atom stereocenters. The second-order valence-electron chi connectivity index (χ2n) is 3.18. The molecule has 0 bridgehead atoms. The van der Waals surface area contributed by atoms with E-state index < -0.39 is 5.54 Å². The predicted octanol–water partition coefficient (Wildman–Crippen LogP) is 1.09. The van der Waals surface area contributed by atoms with Crippen LogP contribution in [0.1, 0.15) is 20.3 Å². The minimum Gasteiger partial charge on any atom is -0.468 e. The van der Waals surface area contributed by atoms with Gasteiger partial charge in [-0.25, -0.2) is 0 Å². The molecular weight excluding hydrogens is 154 g/mol. The Morgan fingerprint density at radius 3 is 2.50 bits per heavy atom. The summed E-state index contributed by atoms with van der Waals surface area (Å²) in [4.78, 5) is 11.3. The van der Waals surface area contributed by atoms with Gasteiger partial charge in [-0.05, 0) is 12.3 Å². The molecule has 0 radical (unpaired) electrons. The monoisotopic (exact) mass is 171 g/mol. The molecule has 0 heterocycles. The fourth-order valence-electron chi connectivity index (χ4n) is 0.984. The van der Waals surface area contributed by atoms with Gasteiger partial charge in [-0.15, -0.1) is 6.58 Å². The fourth-order valence-corrected chi connectivity index (χ4v) is 0.984. The number of rotatable bonds is 4. The highest BCUT2D eigenvalue weighted by Gasteiger charge is 2.37. The van der Waals surface area contributed by atoms with E-state index in [2.05, 4.69) is 11.3 Å². The van der Waals surface area contributed by atoms with E-state index >= 15 is 0 Å². The average Bonchev–Trinajstić information content (AvgIpc) is 2.03. The van der Waals surface area contributed by atoms with Crippen molar-refractivity contribution >= 4 is 5.97 Å². The zero-order chi connectivity index (χ0) is 9.78. The maximum atomic E-state index is 11.3. The quantitative estimate of drug-likeness (QED) is 0.509. The number of methoxy groups -OCH3 is 1. The van der Waals surface area contributed by atoms with E-state index in [9.17, 15) is 4.79 Å². The van der Waals surface area contributed by atoms with Gasteiger partial charge in [0.15, 0.2) is 0 Å². The fraction of sp³-hybridized carbons (Fsp3) is 0.667. The maximum absolute atomic E-state index is 11.3. The number of hydrogen-bond donors (Lipinski definition) is 1. The smallest absolute Gasteiger partial charge is 0.326 e. The summed E-state index contributed by atoms with van der Waals surface area (Å²) >= 11 is 0. The van der Waals surface area contributed by atoms with Gasteiger partial charge in [-0.1, -0.05) is 19.9 Å². The molecule has 0 saturated heterocycles. The van der Waals surface area contributed by atoms with Crippen LogP contribution >= 0.6 is 0 Å². The molecule has 3 nitrogen and oxygen atoms in total. The van der Waals surface area contributed by atoms with Gasteiger partial charge in [0, 0.05) is 0 Å². The van der Waals surface area contributed by atoms with Crippen LogP contribution in [0.4, 0.5) is 0 Å². The van der Waals surface area contributed by atoms with Crippen molar-refractivity contribution < 1.29 is 9.53 Å². The van der Waals surface area contributed by atoms with Gasteiger partial charge >= 0.3 is 5.97 Å². The Labute approximate surface area is 73.6 Å². The Morgan fingerprint density at radius 1 is 1.75 bits per heavy atom. The lowest BCUT2D eigenvalue weighted by atomic mass is 9.84. The third-order valence-electron chi connectivity index (χ3n) is 2.08. The molecule has 0 saturated carbocycles. The normalized spacial score (nSPS) is 15.4. The third kappa shape index (κ3) is 2.08. The number of carbonyl (C=O) groups is 1. The molecule has 0 aromatic rings. The summed E-state index contributed by atoms with van der Waals surface area (Å²) in [6.45, 7) is 7.34. The van der Waals surface area contributed by atoms with Crippen molar-refractivity contribution in [1.29, 1.82) is 0 Å². The average molecular weight is 171 g/mol. The molecule has 0 aliphatic carbocycles. The van der Waals surface area contributed by atoms with Crippen molar-refractivity contribution in [1.82, 2.24) is 0 Å². The molecule has 0 aromatic heterocycles. The van der Waals surface area contributed by atoms with Gasteiger partial charge < -0.3 is 10.5 Å². The Balaban J connectivity index is 4.60. The van der Waals surface area contributed by atoms with Gasteiger partial charge in [-0.3, -0.25) is 4.79 Å². The van der Waals surface area contributed by atoms with E-state index in [-0.39, 0.29) is 11.9 Å². The zero-order valence-electron chi connectivity index (χ0n) is 7.96. The second-order valence-corrected chi connectivity index (χ2v) is 3.18. The van der Waals surface area contributed by atoms with Crippen LogP contribution in [0.5, 0.6) is 0 Å². The predicted molar refractivity (Wildman–Crippen MR) is 48.6 cm³/mol. The molecule has 70 valence electrons. The van der Waals surface area contributed by atoms with E-state index in [0.29, 0.717) is 6.42 Å². The molecule has 12 heavy (non-hydrogen) atoms. The highest BCUT2D eigenvalue weighted by molar-refractivity contribution is 5.81. The van der Waals surface area contributed by atoms with Gasteiger partial charge in [0.1, 0.15) is 5.54 Å². The molecule has 0 aliphatic heterocycles. The molecule has 1 atom stereocenters. The van der Waals surface area contributed by atoms with Crippen LogP contribution in [0.15, 0.2) is 12.7 Å². The van der Waals surface area contributed by atoms with Crippen molar-refractivity contribution in [2.45, 2.75) is 25.8 Å². The van der Waals surface area contributed by atoms with Crippen LogP contribution in [0, 0.1) is 5.92 Å². The summed E-state index contributed by atoms with van der Waals surface area (Å²) in [5.41, 5.74) is 4.94. The number of ether oxygens (including phenoxy) is 1. The maximum Gasteiger partial charge on any atom is 0.326 e. The van der Waals surface area contributed by atoms with Crippen LogP contribution < -0.4 is 5.73 Å². The third-order valence-corrected chi connectivity index (χ3v) is 2.08. The lowest BCUT2D eigenvalue weighted by molar-refractivity contribution is -0.148. The summed E-state index contributed by atoms with van der Waals surface area (Å²) in [7, 11) is 1.34. The van der Waals surface area contributed by atoms with Crippen LogP contribution in [-0.4, -0.2) is 18.6 Å². The highest BCUT2D eigenvalue weighted by Crippen LogP contribution is 2.19. The van der Waals surface area contributed by atoms with E-state index in [1.165, 1.54) is 7.11 Å². The first kappa shape index (κ1) is 11.2. The molecule has 0 aliphatic rings. The molecule has 0 rings (SSSR count). The van der Waals surface area contributed by atoms with Crippen molar-refractivity contribution in [2.24, 2.45) is 11.7 Å². The lowest BCUT2D eigenvalue weighted by Crippen LogP contribution is -2.52. The summed E-state index contributed by atoms with van der Waals surface area (Å²) in [6, 6.07) is 0. The number of nitrogens with two attached hydrogens (primary N) is 1. The lowest BCUT2D eigenvalue weighted by Gasteiger charge is -2.29. The molecule has 3 heteroatoms. The second kappa shape index (κ2) is 4.26. The molecule has 0 aromatic carbocycles. The van der Waals surface area contributed by atoms with Gasteiger partial charge in [0.25, 0.3) is 0 Å². The minimum atomic E-state index is -0.920. The Kier molecular flexibility index (Phi) is 3.96. The summed E-state index contributed by atoms with van der Waals surface area (Å²) in [6.07, 6.45) is 2.08. The molecule has 0 spiro atoms. The largest absolute Gasteiger partial charge is 0.468 e. The number of carbonyl (C=O) groups excluding carboxylic acids is 1. The van der Waals surface area contributed by atoms with Crippen molar-refractivity contribution in [3.63, 3.8) is 0 Å². The van der Waals surface area contributed by atoms with Crippen LogP contribution in [0.3, 0.4) is 0 Å². The molecular formula is C9H17NO2.